The Morgan fingerprint density at radius 2 is 1.56 bits per heavy atom. The molecule has 6 nitrogen and oxygen atoms in total. The van der Waals surface area contributed by atoms with Gasteiger partial charge in [0.15, 0.2) is 5.69 Å². The summed E-state index contributed by atoms with van der Waals surface area (Å²) in [5, 5.41) is 12.0. The van der Waals surface area contributed by atoms with Crippen LogP contribution in [-0.2, 0) is 0 Å². The van der Waals surface area contributed by atoms with Gasteiger partial charge in [-0.15, -0.1) is 0 Å². The summed E-state index contributed by atoms with van der Waals surface area (Å²) in [6, 6.07) is 20.1. The molecule has 0 atom stereocenters. The molecule has 0 saturated heterocycles. The number of anilines is 1. The molecule has 3 aromatic carbocycles. The summed E-state index contributed by atoms with van der Waals surface area (Å²) in [6.45, 7) is 0. The van der Waals surface area contributed by atoms with Gasteiger partial charge in [-0.2, -0.15) is 5.10 Å². The zero-order valence-corrected chi connectivity index (χ0v) is 14.0. The van der Waals surface area contributed by atoms with Crippen LogP contribution >= 0.6 is 0 Å². The van der Waals surface area contributed by atoms with E-state index in [1.165, 1.54) is 0 Å². The summed E-state index contributed by atoms with van der Waals surface area (Å²) in [5.74, 6) is -0.394. The number of carbonyl (C=O) groups excluding carboxylic acids is 1. The SMILES string of the molecule is O=C(Nc1ccc2oc3ccccc3c2c1)c1n[nH]c(=O)c2ccccc12. The van der Waals surface area contributed by atoms with Crippen molar-refractivity contribution in [3.8, 4) is 0 Å². The fourth-order valence-electron chi connectivity index (χ4n) is 3.28. The van der Waals surface area contributed by atoms with E-state index in [1.54, 1.807) is 30.3 Å². The van der Waals surface area contributed by atoms with Gasteiger partial charge >= 0.3 is 0 Å². The topological polar surface area (TPSA) is 88.0 Å². The highest BCUT2D eigenvalue weighted by Crippen LogP contribution is 2.30. The smallest absolute Gasteiger partial charge is 0.276 e. The number of hydrogen-bond acceptors (Lipinski definition) is 4. The number of carbonyl (C=O) groups is 1. The molecule has 2 heterocycles. The van der Waals surface area contributed by atoms with Crippen LogP contribution in [0.4, 0.5) is 5.69 Å². The third-order valence-corrected chi connectivity index (χ3v) is 4.55. The van der Waals surface area contributed by atoms with Crippen LogP contribution in [0.2, 0.25) is 0 Å². The van der Waals surface area contributed by atoms with Crippen molar-refractivity contribution in [3.05, 3.63) is 82.8 Å². The number of benzene rings is 3. The van der Waals surface area contributed by atoms with Crippen molar-refractivity contribution in [1.29, 1.82) is 0 Å². The maximum absolute atomic E-state index is 12.8. The van der Waals surface area contributed by atoms with E-state index in [1.807, 2.05) is 36.4 Å². The number of furan rings is 1. The molecule has 130 valence electrons. The van der Waals surface area contributed by atoms with Crippen LogP contribution in [0.5, 0.6) is 0 Å². The van der Waals surface area contributed by atoms with Crippen LogP contribution in [0.15, 0.2) is 75.9 Å². The lowest BCUT2D eigenvalue weighted by Gasteiger charge is -2.07. The molecule has 0 fully saturated rings. The number of para-hydroxylation sites is 1. The van der Waals surface area contributed by atoms with Crippen LogP contribution in [0, 0.1) is 0 Å². The van der Waals surface area contributed by atoms with E-state index < -0.39 is 5.91 Å². The van der Waals surface area contributed by atoms with Gasteiger partial charge < -0.3 is 9.73 Å². The molecule has 2 N–H and O–H groups in total. The number of fused-ring (bicyclic) bond motifs is 4. The van der Waals surface area contributed by atoms with E-state index in [4.69, 9.17) is 4.42 Å². The molecule has 5 rings (SSSR count). The van der Waals surface area contributed by atoms with Crippen molar-refractivity contribution in [2.45, 2.75) is 0 Å². The maximum atomic E-state index is 12.8. The average molecular weight is 355 g/mol. The van der Waals surface area contributed by atoms with Gasteiger partial charge in [-0.05, 0) is 30.3 Å². The van der Waals surface area contributed by atoms with Crippen LogP contribution < -0.4 is 10.9 Å². The minimum absolute atomic E-state index is 0.169. The molecule has 2 aromatic heterocycles. The number of aromatic amines is 1. The Kier molecular flexibility index (Phi) is 3.30. The van der Waals surface area contributed by atoms with Gasteiger partial charge in [-0.25, -0.2) is 5.10 Å². The Labute approximate surface area is 152 Å². The number of aromatic nitrogens is 2. The van der Waals surface area contributed by atoms with Crippen LogP contribution in [0.1, 0.15) is 10.5 Å². The lowest BCUT2D eigenvalue weighted by Crippen LogP contribution is -2.19. The monoisotopic (exact) mass is 355 g/mol. The molecular weight excluding hydrogens is 342 g/mol. The fourth-order valence-corrected chi connectivity index (χ4v) is 3.28. The molecule has 0 saturated carbocycles. The maximum Gasteiger partial charge on any atom is 0.276 e. The molecule has 27 heavy (non-hydrogen) atoms. The molecule has 1 amide bonds. The predicted molar refractivity (Wildman–Crippen MR) is 104 cm³/mol. The summed E-state index contributed by atoms with van der Waals surface area (Å²) in [5.41, 5.74) is 2.01. The van der Waals surface area contributed by atoms with Crippen LogP contribution in [0.25, 0.3) is 32.7 Å². The number of amides is 1. The molecule has 0 aliphatic rings. The van der Waals surface area contributed by atoms with E-state index >= 15 is 0 Å². The summed E-state index contributed by atoms with van der Waals surface area (Å²) in [7, 11) is 0. The van der Waals surface area contributed by atoms with Crippen molar-refractivity contribution >= 4 is 44.3 Å². The fraction of sp³-hybridized carbons (Fsp3) is 0. The quantitative estimate of drug-likeness (QED) is 0.499. The zero-order valence-electron chi connectivity index (χ0n) is 14.0. The first-order valence-corrected chi connectivity index (χ1v) is 8.41. The molecule has 0 spiro atoms. The van der Waals surface area contributed by atoms with Gasteiger partial charge in [-0.1, -0.05) is 36.4 Å². The second-order valence-electron chi connectivity index (χ2n) is 6.21. The van der Waals surface area contributed by atoms with E-state index in [0.717, 1.165) is 21.9 Å². The first kappa shape index (κ1) is 15.3. The predicted octanol–water partition coefficient (Wildman–Crippen LogP) is 4.07. The van der Waals surface area contributed by atoms with Gasteiger partial charge in [0.05, 0.1) is 5.39 Å². The molecule has 5 aromatic rings. The Hall–Kier alpha value is -3.93. The van der Waals surface area contributed by atoms with Gasteiger partial charge in [0, 0.05) is 21.8 Å². The van der Waals surface area contributed by atoms with Gasteiger partial charge in [0.2, 0.25) is 0 Å². The number of rotatable bonds is 2. The van der Waals surface area contributed by atoms with Gasteiger partial charge in [-0.3, -0.25) is 9.59 Å². The number of nitrogens with zero attached hydrogens (tertiary/aromatic N) is 1. The van der Waals surface area contributed by atoms with E-state index in [9.17, 15) is 9.59 Å². The molecule has 0 unspecified atom stereocenters. The van der Waals surface area contributed by atoms with Crippen molar-refractivity contribution in [2.75, 3.05) is 5.32 Å². The van der Waals surface area contributed by atoms with E-state index in [2.05, 4.69) is 15.5 Å². The Balaban J connectivity index is 1.57. The standard InChI is InChI=1S/C21H13N3O3/c25-20-15-7-2-1-6-14(15)19(23-24-20)21(26)22-12-9-10-18-16(11-12)13-5-3-4-8-17(13)27-18/h1-11H,(H,22,26)(H,24,25). The minimum Gasteiger partial charge on any atom is -0.456 e. The van der Waals surface area contributed by atoms with E-state index in [-0.39, 0.29) is 11.3 Å². The molecule has 6 heteroatoms. The number of H-pyrrole nitrogens is 1. The summed E-state index contributed by atoms with van der Waals surface area (Å²) >= 11 is 0. The summed E-state index contributed by atoms with van der Waals surface area (Å²) in [6.07, 6.45) is 0. The molecule has 0 aliphatic carbocycles. The Morgan fingerprint density at radius 1 is 0.852 bits per heavy atom. The second kappa shape index (κ2) is 5.81. The van der Waals surface area contributed by atoms with Crippen LogP contribution in [0.3, 0.4) is 0 Å². The summed E-state index contributed by atoms with van der Waals surface area (Å²) < 4.78 is 5.80. The molecular formula is C21H13N3O3. The van der Waals surface area contributed by atoms with Crippen molar-refractivity contribution < 1.29 is 9.21 Å². The summed E-state index contributed by atoms with van der Waals surface area (Å²) in [4.78, 5) is 24.7. The average Bonchev–Trinajstić information content (AvgIpc) is 3.06. The Bertz CT molecular complexity index is 1400. The van der Waals surface area contributed by atoms with Crippen molar-refractivity contribution in [2.24, 2.45) is 0 Å². The molecule has 0 bridgehead atoms. The minimum atomic E-state index is -0.394. The van der Waals surface area contributed by atoms with Crippen molar-refractivity contribution in [1.82, 2.24) is 10.2 Å². The largest absolute Gasteiger partial charge is 0.456 e. The van der Waals surface area contributed by atoms with Gasteiger partial charge in [0.25, 0.3) is 11.5 Å². The van der Waals surface area contributed by atoms with E-state index in [0.29, 0.717) is 16.5 Å². The zero-order chi connectivity index (χ0) is 18.4. The van der Waals surface area contributed by atoms with Crippen molar-refractivity contribution in [3.63, 3.8) is 0 Å². The highest BCUT2D eigenvalue weighted by molar-refractivity contribution is 6.12. The Morgan fingerprint density at radius 3 is 2.41 bits per heavy atom. The number of nitrogens with one attached hydrogen (secondary N) is 2. The highest BCUT2D eigenvalue weighted by atomic mass is 16.3. The van der Waals surface area contributed by atoms with Crippen LogP contribution in [-0.4, -0.2) is 16.1 Å². The normalized spacial score (nSPS) is 11.3. The number of hydrogen-bond donors (Lipinski definition) is 2. The third-order valence-electron chi connectivity index (χ3n) is 4.55. The third kappa shape index (κ3) is 2.46. The highest BCUT2D eigenvalue weighted by Gasteiger charge is 2.15. The molecule has 0 aliphatic heterocycles. The lowest BCUT2D eigenvalue weighted by molar-refractivity contribution is 0.102. The first-order valence-electron chi connectivity index (χ1n) is 8.41. The van der Waals surface area contributed by atoms with Gasteiger partial charge in [0.1, 0.15) is 11.2 Å². The molecule has 0 radical (unpaired) electrons. The second-order valence-corrected chi connectivity index (χ2v) is 6.21. The lowest BCUT2D eigenvalue weighted by atomic mass is 10.1. The first-order chi connectivity index (χ1) is 13.2.